The van der Waals surface area contributed by atoms with Crippen molar-refractivity contribution in [2.24, 2.45) is 0 Å². The maximum absolute atomic E-state index is 11.9. The molecule has 6 heteroatoms. The molecule has 0 saturated carbocycles. The Hall–Kier alpha value is -2.63. The van der Waals surface area contributed by atoms with Crippen molar-refractivity contribution in [3.8, 4) is 0 Å². The summed E-state index contributed by atoms with van der Waals surface area (Å²) in [7, 11) is 1.77. The van der Waals surface area contributed by atoms with Crippen molar-refractivity contribution in [1.29, 1.82) is 0 Å². The van der Waals surface area contributed by atoms with Gasteiger partial charge in [0, 0.05) is 18.8 Å². The number of carbonyl (C=O) groups is 1. The lowest BCUT2D eigenvalue weighted by atomic mass is 10.1. The molecule has 0 atom stereocenters. The van der Waals surface area contributed by atoms with Crippen LogP contribution in [0.15, 0.2) is 30.5 Å². The summed E-state index contributed by atoms with van der Waals surface area (Å²) in [6.45, 7) is 2.18. The van der Waals surface area contributed by atoms with Gasteiger partial charge in [-0.05, 0) is 19.1 Å². The van der Waals surface area contributed by atoms with Crippen molar-refractivity contribution in [1.82, 2.24) is 9.97 Å². The lowest BCUT2D eigenvalue weighted by molar-refractivity contribution is -0.115. The predicted octanol–water partition coefficient (Wildman–Crippen LogP) is 1.92. The fourth-order valence-corrected chi connectivity index (χ4v) is 2.25. The van der Waals surface area contributed by atoms with Crippen LogP contribution < -0.4 is 15.5 Å². The highest BCUT2D eigenvalue weighted by Crippen LogP contribution is 2.35. The first-order chi connectivity index (χ1) is 9.69. The van der Waals surface area contributed by atoms with Crippen LogP contribution >= 0.6 is 0 Å². The molecule has 0 saturated heterocycles. The molecule has 1 amide bonds. The van der Waals surface area contributed by atoms with Crippen LogP contribution in [0.3, 0.4) is 0 Å². The number of hydrogen-bond acceptors (Lipinski definition) is 5. The molecule has 1 aliphatic heterocycles. The molecular weight excluding hydrogens is 254 g/mol. The van der Waals surface area contributed by atoms with Gasteiger partial charge in [0.15, 0.2) is 0 Å². The molecule has 0 bridgehead atoms. The molecule has 0 radical (unpaired) electrons. The van der Waals surface area contributed by atoms with Gasteiger partial charge >= 0.3 is 0 Å². The minimum atomic E-state index is -0.0484. The zero-order valence-electron chi connectivity index (χ0n) is 11.3. The lowest BCUT2D eigenvalue weighted by Crippen LogP contribution is -2.35. The van der Waals surface area contributed by atoms with E-state index in [4.69, 9.17) is 0 Å². The van der Waals surface area contributed by atoms with Crippen molar-refractivity contribution in [2.75, 3.05) is 29.1 Å². The number of rotatable bonds is 2. The standard InChI is InChI=1S/C14H15N5O/c1-9-7-16-14(15-2)18-13(9)19-8-12(20)17-10-5-3-4-6-11(10)19/h3-7H,8H2,1-2H3,(H,17,20)(H,15,16,18). The van der Waals surface area contributed by atoms with Crippen molar-refractivity contribution < 1.29 is 4.79 Å². The predicted molar refractivity (Wildman–Crippen MR) is 78.4 cm³/mol. The molecule has 3 rings (SSSR count). The normalized spacial score (nSPS) is 13.7. The number of amides is 1. The smallest absolute Gasteiger partial charge is 0.244 e. The molecule has 0 unspecified atom stereocenters. The number of nitrogens with one attached hydrogen (secondary N) is 2. The van der Waals surface area contributed by atoms with E-state index in [1.54, 1.807) is 13.2 Å². The largest absolute Gasteiger partial charge is 0.357 e. The van der Waals surface area contributed by atoms with Gasteiger partial charge in [-0.1, -0.05) is 12.1 Å². The Morgan fingerprint density at radius 2 is 2.15 bits per heavy atom. The molecular formula is C14H15N5O. The summed E-state index contributed by atoms with van der Waals surface area (Å²) in [6, 6.07) is 7.69. The number of nitrogens with zero attached hydrogens (tertiary/aromatic N) is 3. The number of fused-ring (bicyclic) bond motifs is 1. The Kier molecular flexibility index (Phi) is 2.98. The average molecular weight is 269 g/mol. The Morgan fingerprint density at radius 3 is 2.95 bits per heavy atom. The van der Waals surface area contributed by atoms with Crippen LogP contribution in [0.4, 0.5) is 23.1 Å². The summed E-state index contributed by atoms with van der Waals surface area (Å²) in [5.41, 5.74) is 2.66. The third kappa shape index (κ3) is 2.05. The van der Waals surface area contributed by atoms with Crippen LogP contribution in [-0.2, 0) is 4.79 Å². The average Bonchev–Trinajstić information content (AvgIpc) is 2.47. The molecule has 0 spiro atoms. The van der Waals surface area contributed by atoms with Gasteiger partial charge in [-0.15, -0.1) is 0 Å². The number of hydrogen-bond donors (Lipinski definition) is 2. The number of anilines is 4. The second-order valence-electron chi connectivity index (χ2n) is 4.60. The van der Waals surface area contributed by atoms with Gasteiger partial charge < -0.3 is 15.5 Å². The second-order valence-corrected chi connectivity index (χ2v) is 4.60. The van der Waals surface area contributed by atoms with Gasteiger partial charge in [0.05, 0.1) is 11.4 Å². The van der Waals surface area contributed by atoms with E-state index in [0.717, 1.165) is 22.8 Å². The van der Waals surface area contributed by atoms with Crippen molar-refractivity contribution in [2.45, 2.75) is 6.92 Å². The number of carbonyl (C=O) groups excluding carboxylic acids is 1. The minimum absolute atomic E-state index is 0.0484. The number of aryl methyl sites for hydroxylation is 1. The van der Waals surface area contributed by atoms with E-state index in [-0.39, 0.29) is 12.5 Å². The first-order valence-corrected chi connectivity index (χ1v) is 6.37. The number of benzene rings is 1. The Balaban J connectivity index is 2.12. The van der Waals surface area contributed by atoms with Crippen molar-refractivity contribution in [3.05, 3.63) is 36.0 Å². The fraction of sp³-hybridized carbons (Fsp3) is 0.214. The van der Waals surface area contributed by atoms with Crippen LogP contribution in [0.2, 0.25) is 0 Å². The third-order valence-electron chi connectivity index (χ3n) is 3.19. The molecule has 1 aromatic heterocycles. The van der Waals surface area contributed by atoms with Crippen LogP contribution in [0.1, 0.15) is 5.56 Å². The zero-order chi connectivity index (χ0) is 14.1. The first kappa shape index (κ1) is 12.4. The summed E-state index contributed by atoms with van der Waals surface area (Å²) >= 11 is 0. The number of aromatic nitrogens is 2. The molecule has 0 fully saturated rings. The van der Waals surface area contributed by atoms with E-state index in [2.05, 4.69) is 20.6 Å². The molecule has 102 valence electrons. The van der Waals surface area contributed by atoms with Gasteiger partial charge in [0.2, 0.25) is 11.9 Å². The highest BCUT2D eigenvalue weighted by atomic mass is 16.2. The highest BCUT2D eigenvalue weighted by molar-refractivity contribution is 6.03. The van der Waals surface area contributed by atoms with Crippen LogP contribution in [0, 0.1) is 6.92 Å². The summed E-state index contributed by atoms with van der Waals surface area (Å²) < 4.78 is 0. The Morgan fingerprint density at radius 1 is 1.35 bits per heavy atom. The van der Waals surface area contributed by atoms with Gasteiger partial charge in [0.25, 0.3) is 0 Å². The maximum atomic E-state index is 11.9. The van der Waals surface area contributed by atoms with Crippen LogP contribution in [-0.4, -0.2) is 29.5 Å². The molecule has 0 aliphatic carbocycles. The van der Waals surface area contributed by atoms with E-state index in [9.17, 15) is 4.79 Å². The zero-order valence-corrected chi connectivity index (χ0v) is 11.3. The maximum Gasteiger partial charge on any atom is 0.244 e. The summed E-state index contributed by atoms with van der Waals surface area (Å²) in [6.07, 6.45) is 1.75. The molecule has 20 heavy (non-hydrogen) atoms. The SMILES string of the molecule is CNc1ncc(C)c(N2CC(=O)Nc3ccccc32)n1. The minimum Gasteiger partial charge on any atom is -0.357 e. The lowest BCUT2D eigenvalue weighted by Gasteiger charge is -2.30. The van der Waals surface area contributed by atoms with E-state index >= 15 is 0 Å². The molecule has 2 aromatic rings. The topological polar surface area (TPSA) is 70.2 Å². The summed E-state index contributed by atoms with van der Waals surface area (Å²) in [4.78, 5) is 22.4. The molecule has 1 aliphatic rings. The molecule has 2 heterocycles. The first-order valence-electron chi connectivity index (χ1n) is 6.37. The third-order valence-corrected chi connectivity index (χ3v) is 3.19. The van der Waals surface area contributed by atoms with Crippen molar-refractivity contribution >= 4 is 29.0 Å². The van der Waals surface area contributed by atoms with Crippen LogP contribution in [0.25, 0.3) is 0 Å². The van der Waals surface area contributed by atoms with Gasteiger partial charge in [0.1, 0.15) is 12.4 Å². The van der Waals surface area contributed by atoms with Gasteiger partial charge in [-0.25, -0.2) is 4.98 Å². The Bertz CT molecular complexity index is 670. The van der Waals surface area contributed by atoms with E-state index in [1.807, 2.05) is 36.1 Å². The fourth-order valence-electron chi connectivity index (χ4n) is 2.25. The Labute approximate surface area is 116 Å². The summed E-state index contributed by atoms with van der Waals surface area (Å²) in [5, 5.41) is 5.79. The van der Waals surface area contributed by atoms with E-state index in [1.165, 1.54) is 0 Å². The van der Waals surface area contributed by atoms with Gasteiger partial charge in [-0.2, -0.15) is 4.98 Å². The molecule has 1 aromatic carbocycles. The van der Waals surface area contributed by atoms with Crippen molar-refractivity contribution in [3.63, 3.8) is 0 Å². The van der Waals surface area contributed by atoms with E-state index < -0.39 is 0 Å². The molecule has 6 nitrogen and oxygen atoms in total. The number of para-hydroxylation sites is 2. The monoisotopic (exact) mass is 269 g/mol. The molecule has 2 N–H and O–H groups in total. The van der Waals surface area contributed by atoms with Gasteiger partial charge in [-0.3, -0.25) is 4.79 Å². The highest BCUT2D eigenvalue weighted by Gasteiger charge is 2.25. The quantitative estimate of drug-likeness (QED) is 0.871. The summed E-state index contributed by atoms with van der Waals surface area (Å²) in [5.74, 6) is 1.23. The second kappa shape index (κ2) is 4.80. The van der Waals surface area contributed by atoms with Crippen LogP contribution in [0.5, 0.6) is 0 Å². The van der Waals surface area contributed by atoms with E-state index in [0.29, 0.717) is 5.95 Å².